The summed E-state index contributed by atoms with van der Waals surface area (Å²) in [7, 11) is 0. The minimum atomic E-state index is -0.226. The quantitative estimate of drug-likeness (QED) is 0.850. The zero-order chi connectivity index (χ0) is 10.0. The van der Waals surface area contributed by atoms with Gasteiger partial charge in [-0.15, -0.1) is 12.4 Å². The van der Waals surface area contributed by atoms with Crippen LogP contribution in [0.15, 0.2) is 12.1 Å². The smallest absolute Gasteiger partial charge is 0.139 e. The van der Waals surface area contributed by atoms with Crippen molar-refractivity contribution in [2.45, 2.75) is 19.4 Å². The van der Waals surface area contributed by atoms with Crippen LogP contribution >= 0.6 is 35.6 Å². The molecule has 1 aromatic carbocycles. The van der Waals surface area contributed by atoms with Crippen LogP contribution in [0.1, 0.15) is 24.9 Å². The van der Waals surface area contributed by atoms with Crippen LogP contribution in [0.25, 0.3) is 0 Å². The summed E-state index contributed by atoms with van der Waals surface area (Å²) in [6.45, 7) is 1.93. The number of nitrogens with two attached hydrogens (primary N) is 1. The number of phenolic OH excluding ortho intramolecular Hbond substituents is 1. The highest BCUT2D eigenvalue weighted by Gasteiger charge is 2.12. The van der Waals surface area contributed by atoms with Gasteiger partial charge in [0, 0.05) is 16.6 Å². The van der Waals surface area contributed by atoms with Gasteiger partial charge in [-0.1, -0.05) is 30.1 Å². The minimum Gasteiger partial charge on any atom is -0.506 e. The van der Waals surface area contributed by atoms with Crippen molar-refractivity contribution in [1.82, 2.24) is 0 Å². The summed E-state index contributed by atoms with van der Waals surface area (Å²) in [5, 5.41) is 10.3. The van der Waals surface area contributed by atoms with Crippen molar-refractivity contribution in [2.75, 3.05) is 0 Å². The molecule has 0 aliphatic carbocycles. The highest BCUT2D eigenvalue weighted by molar-refractivity contribution is 6.35. The molecule has 0 saturated carbocycles. The van der Waals surface area contributed by atoms with E-state index in [0.717, 1.165) is 6.42 Å². The molecule has 0 unspecified atom stereocenters. The maximum atomic E-state index is 9.55. The molecule has 0 spiro atoms. The summed E-state index contributed by atoms with van der Waals surface area (Å²) in [5.74, 6) is 0.0282. The predicted octanol–water partition coefficient (Wildman–Crippen LogP) is 3.53. The molecule has 14 heavy (non-hydrogen) atoms. The minimum absolute atomic E-state index is 0. The molecule has 0 saturated heterocycles. The number of rotatable bonds is 2. The van der Waals surface area contributed by atoms with Gasteiger partial charge >= 0.3 is 0 Å². The third-order valence-corrected chi connectivity index (χ3v) is 2.40. The normalized spacial score (nSPS) is 12.0. The molecule has 2 nitrogen and oxygen atoms in total. The first-order chi connectivity index (χ1) is 6.06. The first-order valence-electron chi connectivity index (χ1n) is 3.99. The summed E-state index contributed by atoms with van der Waals surface area (Å²) in [5.41, 5.74) is 6.35. The van der Waals surface area contributed by atoms with E-state index in [-0.39, 0.29) is 29.2 Å². The van der Waals surface area contributed by atoms with E-state index < -0.39 is 0 Å². The number of halogens is 3. The Balaban J connectivity index is 0.00000169. The monoisotopic (exact) mass is 255 g/mol. The fourth-order valence-corrected chi connectivity index (χ4v) is 1.60. The van der Waals surface area contributed by atoms with Crippen LogP contribution < -0.4 is 5.73 Å². The molecule has 0 heterocycles. The summed E-state index contributed by atoms with van der Waals surface area (Å²) >= 11 is 11.5. The average molecular weight is 257 g/mol. The van der Waals surface area contributed by atoms with E-state index >= 15 is 0 Å². The van der Waals surface area contributed by atoms with Gasteiger partial charge < -0.3 is 10.8 Å². The van der Waals surface area contributed by atoms with Crippen molar-refractivity contribution in [1.29, 1.82) is 0 Å². The second-order valence-corrected chi connectivity index (χ2v) is 3.68. The molecule has 0 aliphatic rings. The van der Waals surface area contributed by atoms with E-state index in [1.165, 1.54) is 6.07 Å². The maximum absolute atomic E-state index is 9.55. The third-order valence-electron chi connectivity index (χ3n) is 1.90. The molecule has 0 aliphatic heterocycles. The van der Waals surface area contributed by atoms with Crippen molar-refractivity contribution in [2.24, 2.45) is 5.73 Å². The molecular weight excluding hydrogens is 244 g/mol. The molecule has 1 rings (SSSR count). The SMILES string of the molecule is CC[C@@H](N)c1cc(Cl)cc(Cl)c1O.Cl. The van der Waals surface area contributed by atoms with Crippen molar-refractivity contribution in [3.8, 4) is 5.75 Å². The lowest BCUT2D eigenvalue weighted by atomic mass is 10.0. The predicted molar refractivity (Wildman–Crippen MR) is 62.6 cm³/mol. The molecule has 1 aromatic rings. The molecule has 0 aromatic heterocycles. The molecule has 5 heteroatoms. The topological polar surface area (TPSA) is 46.2 Å². The molecule has 0 fully saturated rings. The van der Waals surface area contributed by atoms with Crippen molar-refractivity contribution in [3.63, 3.8) is 0 Å². The van der Waals surface area contributed by atoms with Crippen LogP contribution in [0.3, 0.4) is 0 Å². The third kappa shape index (κ3) is 2.92. The van der Waals surface area contributed by atoms with Crippen molar-refractivity contribution in [3.05, 3.63) is 27.7 Å². The summed E-state index contributed by atoms with van der Waals surface area (Å²) in [4.78, 5) is 0. The fourth-order valence-electron chi connectivity index (χ4n) is 1.09. The maximum Gasteiger partial charge on any atom is 0.139 e. The fraction of sp³-hybridized carbons (Fsp3) is 0.333. The Morgan fingerprint density at radius 1 is 1.43 bits per heavy atom. The van der Waals surface area contributed by atoms with Crippen molar-refractivity contribution >= 4 is 35.6 Å². The van der Waals surface area contributed by atoms with Gasteiger partial charge in [0.1, 0.15) is 5.75 Å². The van der Waals surface area contributed by atoms with E-state index in [1.807, 2.05) is 6.92 Å². The summed E-state index contributed by atoms with van der Waals surface area (Å²) in [6.07, 6.45) is 0.726. The van der Waals surface area contributed by atoms with Gasteiger partial charge in [0.25, 0.3) is 0 Å². The van der Waals surface area contributed by atoms with Crippen LogP contribution in [-0.4, -0.2) is 5.11 Å². The summed E-state index contributed by atoms with van der Waals surface area (Å²) < 4.78 is 0. The number of hydrogen-bond donors (Lipinski definition) is 2. The van der Waals surface area contributed by atoms with E-state index in [0.29, 0.717) is 10.6 Å². The van der Waals surface area contributed by atoms with Gasteiger partial charge in [-0.3, -0.25) is 0 Å². The van der Waals surface area contributed by atoms with Gasteiger partial charge in [0.2, 0.25) is 0 Å². The Morgan fingerprint density at radius 2 is 2.00 bits per heavy atom. The molecule has 0 bridgehead atoms. The highest BCUT2D eigenvalue weighted by atomic mass is 35.5. The number of phenols is 1. The Labute approximate surface area is 99.4 Å². The second-order valence-electron chi connectivity index (χ2n) is 2.84. The largest absolute Gasteiger partial charge is 0.506 e. The first-order valence-corrected chi connectivity index (χ1v) is 4.75. The van der Waals surface area contributed by atoms with Crippen LogP contribution in [-0.2, 0) is 0 Å². The van der Waals surface area contributed by atoms with Crippen LogP contribution in [0.4, 0.5) is 0 Å². The number of aromatic hydroxyl groups is 1. The van der Waals surface area contributed by atoms with E-state index in [4.69, 9.17) is 28.9 Å². The zero-order valence-electron chi connectivity index (χ0n) is 7.63. The first kappa shape index (κ1) is 13.8. The lowest BCUT2D eigenvalue weighted by Gasteiger charge is -2.12. The Kier molecular flexibility index (Phi) is 5.60. The standard InChI is InChI=1S/C9H11Cl2NO.ClH/c1-2-8(12)6-3-5(10)4-7(11)9(6)13;/h3-4,8,13H,2,12H2,1H3;1H/t8-;/m1./s1. The Hall–Kier alpha value is -0.150. The molecular formula is C9H12Cl3NO. The lowest BCUT2D eigenvalue weighted by Crippen LogP contribution is -2.08. The van der Waals surface area contributed by atoms with E-state index in [1.54, 1.807) is 6.07 Å². The molecule has 1 atom stereocenters. The summed E-state index contributed by atoms with van der Waals surface area (Å²) in [6, 6.07) is 2.90. The lowest BCUT2D eigenvalue weighted by molar-refractivity contribution is 0.460. The number of benzene rings is 1. The van der Waals surface area contributed by atoms with E-state index in [2.05, 4.69) is 0 Å². The van der Waals surface area contributed by atoms with Crippen LogP contribution in [0.2, 0.25) is 10.0 Å². The van der Waals surface area contributed by atoms with Crippen molar-refractivity contribution < 1.29 is 5.11 Å². The Bertz CT molecular complexity index is 317. The average Bonchev–Trinajstić information content (AvgIpc) is 2.10. The molecule has 0 radical (unpaired) electrons. The van der Waals surface area contributed by atoms with Gasteiger partial charge in [-0.05, 0) is 18.6 Å². The molecule has 0 amide bonds. The molecule has 3 N–H and O–H groups in total. The van der Waals surface area contributed by atoms with Crippen LogP contribution in [0, 0.1) is 0 Å². The molecule has 80 valence electrons. The van der Waals surface area contributed by atoms with Gasteiger partial charge in [-0.2, -0.15) is 0 Å². The Morgan fingerprint density at radius 3 is 2.50 bits per heavy atom. The van der Waals surface area contributed by atoms with Gasteiger partial charge in [-0.25, -0.2) is 0 Å². The zero-order valence-corrected chi connectivity index (χ0v) is 9.96. The van der Waals surface area contributed by atoms with Gasteiger partial charge in [0.05, 0.1) is 5.02 Å². The second kappa shape index (κ2) is 5.66. The van der Waals surface area contributed by atoms with Crippen LogP contribution in [0.5, 0.6) is 5.75 Å². The van der Waals surface area contributed by atoms with Gasteiger partial charge in [0.15, 0.2) is 0 Å². The highest BCUT2D eigenvalue weighted by Crippen LogP contribution is 2.34. The number of hydrogen-bond acceptors (Lipinski definition) is 2. The van der Waals surface area contributed by atoms with E-state index in [9.17, 15) is 5.11 Å².